The summed E-state index contributed by atoms with van der Waals surface area (Å²) in [6.07, 6.45) is 4.57. The van der Waals surface area contributed by atoms with Gasteiger partial charge in [0.25, 0.3) is 0 Å². The van der Waals surface area contributed by atoms with Gasteiger partial charge in [-0.1, -0.05) is 57.0 Å². The minimum Gasteiger partial charge on any atom is -0.256 e. The van der Waals surface area contributed by atoms with Crippen LogP contribution in [0.5, 0.6) is 0 Å². The molecule has 0 radical (unpaired) electrons. The smallest absolute Gasteiger partial charge is 0.116 e. The summed E-state index contributed by atoms with van der Waals surface area (Å²) in [7, 11) is 4.91. The van der Waals surface area contributed by atoms with Gasteiger partial charge in [0.1, 0.15) is 15.7 Å². The summed E-state index contributed by atoms with van der Waals surface area (Å²) < 4.78 is 0. The fourth-order valence-corrected chi connectivity index (χ4v) is 4.94. The third-order valence-electron chi connectivity index (χ3n) is 7.03. The van der Waals surface area contributed by atoms with E-state index in [1.165, 1.54) is 35.2 Å². The van der Waals surface area contributed by atoms with Gasteiger partial charge in [-0.2, -0.15) is 0 Å². The van der Waals surface area contributed by atoms with Gasteiger partial charge in [0.2, 0.25) is 0 Å². The fraction of sp³-hybridized carbons (Fsp3) is 0.389. The van der Waals surface area contributed by atoms with Crippen molar-refractivity contribution in [3.8, 4) is 11.3 Å². The van der Waals surface area contributed by atoms with Gasteiger partial charge in [-0.25, -0.2) is 0 Å². The molecule has 2 aromatic rings. The number of nitrogens with zero attached hydrogens (tertiary/aromatic N) is 1. The monoisotopic (exact) mass is 273 g/mol. The summed E-state index contributed by atoms with van der Waals surface area (Å²) in [5.74, 6) is 0. The maximum Gasteiger partial charge on any atom is 0.116 e. The maximum absolute atomic E-state index is 4.78. The first-order chi connectivity index (χ1) is 9.92. The van der Waals surface area contributed by atoms with E-state index >= 15 is 0 Å². The molecule has 1 nitrogen and oxygen atoms in total. The van der Waals surface area contributed by atoms with Crippen LogP contribution < -0.4 is 0 Å². The summed E-state index contributed by atoms with van der Waals surface area (Å²) in [6, 6.07) is 12.9. The summed E-state index contributed by atoms with van der Waals surface area (Å²) >= 11 is 0. The molecule has 1 saturated carbocycles. The molecule has 1 aromatic carbocycles. The molecule has 0 N–H and O–H groups in total. The van der Waals surface area contributed by atoms with Crippen molar-refractivity contribution in [2.75, 3.05) is 0 Å². The fourth-order valence-electron chi connectivity index (χ4n) is 4.94. The lowest BCUT2D eigenvalue weighted by Crippen LogP contribution is -2.42. The van der Waals surface area contributed by atoms with Gasteiger partial charge >= 0.3 is 0 Å². The van der Waals surface area contributed by atoms with Crippen LogP contribution in [0.25, 0.3) is 11.3 Å². The van der Waals surface area contributed by atoms with Crippen molar-refractivity contribution < 1.29 is 0 Å². The number of benzene rings is 1. The highest BCUT2D eigenvalue weighted by Gasteiger charge is 2.65. The van der Waals surface area contributed by atoms with E-state index in [1.807, 2.05) is 6.20 Å². The highest BCUT2D eigenvalue weighted by Crippen LogP contribution is 2.69. The number of hydrogen-bond acceptors (Lipinski definition) is 1. The van der Waals surface area contributed by atoms with Crippen molar-refractivity contribution in [3.63, 3.8) is 0 Å². The van der Waals surface area contributed by atoms with E-state index < -0.39 is 0 Å². The quantitative estimate of drug-likeness (QED) is 0.726. The van der Waals surface area contributed by atoms with Gasteiger partial charge in [0.05, 0.1) is 5.69 Å². The highest BCUT2D eigenvalue weighted by atomic mass is 14.7. The molecular formula is C18H21B2N. The topological polar surface area (TPSA) is 12.9 Å². The Bertz CT molecular complexity index is 725. The van der Waals surface area contributed by atoms with Gasteiger partial charge in [-0.3, -0.25) is 4.98 Å². The molecule has 2 aliphatic carbocycles. The molecule has 2 bridgehead atoms. The number of aromatic nitrogens is 1. The second kappa shape index (κ2) is 3.82. The van der Waals surface area contributed by atoms with Crippen LogP contribution in [0.2, 0.25) is 0 Å². The Hall–Kier alpha value is -1.50. The van der Waals surface area contributed by atoms with Crippen LogP contribution in [0, 0.1) is 5.41 Å². The summed E-state index contributed by atoms with van der Waals surface area (Å²) in [6.45, 7) is 4.91. The summed E-state index contributed by atoms with van der Waals surface area (Å²) in [4.78, 5) is 4.78. The van der Waals surface area contributed by atoms with Crippen molar-refractivity contribution in [3.05, 3.63) is 53.7 Å². The van der Waals surface area contributed by atoms with Crippen molar-refractivity contribution in [2.24, 2.45) is 5.41 Å². The van der Waals surface area contributed by atoms with Gasteiger partial charge in [0.15, 0.2) is 0 Å². The Labute approximate surface area is 129 Å². The molecule has 21 heavy (non-hydrogen) atoms. The first kappa shape index (κ1) is 13.2. The van der Waals surface area contributed by atoms with E-state index in [1.54, 1.807) is 0 Å². The molecule has 0 saturated heterocycles. The summed E-state index contributed by atoms with van der Waals surface area (Å²) in [5.41, 5.74) is 5.79. The van der Waals surface area contributed by atoms with E-state index in [0.717, 1.165) is 0 Å². The Morgan fingerprint density at radius 2 is 1.62 bits per heavy atom. The molecule has 0 amide bonds. The summed E-state index contributed by atoms with van der Waals surface area (Å²) in [5, 5.41) is 0.514. The number of fused-ring (bicyclic) bond motifs is 5. The van der Waals surface area contributed by atoms with Crippen LogP contribution >= 0.6 is 0 Å². The number of rotatable bonds is 1. The zero-order valence-corrected chi connectivity index (χ0v) is 13.4. The molecule has 104 valence electrons. The lowest BCUT2D eigenvalue weighted by Gasteiger charge is -2.40. The SMILES string of the molecule is BC12CCC(B)(c3c1ccnc3-c1ccccc1)C2(C)C. The molecular weight excluding hydrogens is 252 g/mol. The largest absolute Gasteiger partial charge is 0.256 e. The van der Waals surface area contributed by atoms with E-state index in [0.29, 0.717) is 0 Å². The second-order valence-corrected chi connectivity index (χ2v) is 7.74. The Kier molecular flexibility index (Phi) is 2.40. The van der Waals surface area contributed by atoms with E-state index in [-0.39, 0.29) is 16.0 Å². The zero-order valence-electron chi connectivity index (χ0n) is 13.4. The second-order valence-electron chi connectivity index (χ2n) is 7.74. The Balaban J connectivity index is 2.06. The van der Waals surface area contributed by atoms with E-state index in [9.17, 15) is 0 Å². The molecule has 1 heterocycles. The first-order valence-electron chi connectivity index (χ1n) is 7.97. The Morgan fingerprint density at radius 1 is 0.952 bits per heavy atom. The van der Waals surface area contributed by atoms with E-state index in [4.69, 9.17) is 4.98 Å². The van der Waals surface area contributed by atoms with Crippen LogP contribution in [-0.2, 0) is 10.6 Å². The van der Waals surface area contributed by atoms with Crippen LogP contribution in [0.3, 0.4) is 0 Å². The van der Waals surface area contributed by atoms with Crippen molar-refractivity contribution in [1.29, 1.82) is 0 Å². The van der Waals surface area contributed by atoms with Crippen LogP contribution in [0.15, 0.2) is 42.6 Å². The molecule has 2 unspecified atom stereocenters. The van der Waals surface area contributed by atoms with Gasteiger partial charge in [0, 0.05) is 11.8 Å². The molecule has 4 rings (SSSR count). The van der Waals surface area contributed by atoms with Crippen LogP contribution in [-0.4, -0.2) is 20.7 Å². The minimum atomic E-state index is 0.233. The average molecular weight is 273 g/mol. The molecule has 2 aliphatic rings. The zero-order chi connectivity index (χ0) is 14.9. The normalized spacial score (nSPS) is 32.1. The number of pyridine rings is 1. The van der Waals surface area contributed by atoms with Gasteiger partial charge < -0.3 is 0 Å². The highest BCUT2D eigenvalue weighted by molar-refractivity contribution is 6.25. The third kappa shape index (κ3) is 1.33. The standard InChI is InChI=1S/C18H21B2N/c1-16(2)17(19)9-10-18(16,20)14-13(17)8-11-21-15(14)12-6-4-3-5-7-12/h3-8,11H,9-10,19-20H2,1-2H3. The lowest BCUT2D eigenvalue weighted by molar-refractivity contribution is 0.263. The van der Waals surface area contributed by atoms with Gasteiger partial charge in [-0.05, 0) is 33.2 Å². The van der Waals surface area contributed by atoms with Crippen molar-refractivity contribution >= 4 is 15.7 Å². The third-order valence-corrected chi connectivity index (χ3v) is 7.03. The molecule has 0 aliphatic heterocycles. The van der Waals surface area contributed by atoms with Crippen molar-refractivity contribution in [2.45, 2.75) is 37.3 Å². The molecule has 0 spiro atoms. The lowest BCUT2D eigenvalue weighted by atomic mass is 9.49. The predicted octanol–water partition coefficient (Wildman–Crippen LogP) is 2.24. The number of hydrogen-bond donors (Lipinski definition) is 0. The Morgan fingerprint density at radius 3 is 2.33 bits per heavy atom. The minimum absolute atomic E-state index is 0.233. The molecule has 1 fully saturated rings. The molecule has 3 heteroatoms. The molecule has 2 atom stereocenters. The van der Waals surface area contributed by atoms with Crippen LogP contribution in [0.4, 0.5) is 0 Å². The van der Waals surface area contributed by atoms with Crippen LogP contribution in [0.1, 0.15) is 37.8 Å². The molecule has 1 aromatic heterocycles. The van der Waals surface area contributed by atoms with E-state index in [2.05, 4.69) is 65.9 Å². The predicted molar refractivity (Wildman–Crippen MR) is 93.1 cm³/mol. The average Bonchev–Trinajstić information content (AvgIpc) is 2.76. The first-order valence-corrected chi connectivity index (χ1v) is 7.97. The van der Waals surface area contributed by atoms with Gasteiger partial charge in [-0.15, -0.1) is 0 Å². The van der Waals surface area contributed by atoms with Crippen molar-refractivity contribution in [1.82, 2.24) is 4.98 Å². The maximum atomic E-state index is 4.78.